The van der Waals surface area contributed by atoms with Crippen molar-refractivity contribution in [2.24, 2.45) is 0 Å². The normalized spacial score (nSPS) is 19.9. The van der Waals surface area contributed by atoms with Gasteiger partial charge in [0.05, 0.1) is 30.5 Å². The third-order valence-electron chi connectivity index (χ3n) is 4.65. The molecule has 140 valence electrons. The molecule has 0 amide bonds. The van der Waals surface area contributed by atoms with E-state index in [1.807, 2.05) is 26.1 Å². The van der Waals surface area contributed by atoms with Crippen LogP contribution in [-0.4, -0.2) is 32.2 Å². The Morgan fingerprint density at radius 1 is 1.41 bits per heavy atom. The van der Waals surface area contributed by atoms with Crippen LogP contribution in [-0.2, 0) is 0 Å². The highest BCUT2D eigenvalue weighted by Crippen LogP contribution is 2.28. The number of hydrogen-bond acceptors (Lipinski definition) is 6. The number of halogens is 1. The van der Waals surface area contributed by atoms with E-state index in [0.717, 1.165) is 17.7 Å². The van der Waals surface area contributed by atoms with Crippen LogP contribution in [0.2, 0.25) is 0 Å². The lowest BCUT2D eigenvalue weighted by molar-refractivity contribution is 0.188. The van der Waals surface area contributed by atoms with Crippen molar-refractivity contribution in [3.8, 4) is 5.88 Å². The lowest BCUT2D eigenvalue weighted by atomic mass is 10.1. The minimum Gasteiger partial charge on any atom is -0.472 e. The lowest BCUT2D eigenvalue weighted by Crippen LogP contribution is -2.30. The highest BCUT2D eigenvalue weighted by Gasteiger charge is 2.20. The summed E-state index contributed by atoms with van der Waals surface area (Å²) in [5.41, 5.74) is 2.87. The molecule has 1 aliphatic heterocycles. The van der Waals surface area contributed by atoms with Crippen LogP contribution in [0.5, 0.6) is 5.88 Å². The molecule has 0 aliphatic carbocycles. The van der Waals surface area contributed by atoms with Gasteiger partial charge < -0.3 is 15.4 Å². The first-order valence-corrected chi connectivity index (χ1v) is 8.91. The first-order chi connectivity index (χ1) is 13.0. The van der Waals surface area contributed by atoms with Gasteiger partial charge in [-0.1, -0.05) is 13.5 Å². The van der Waals surface area contributed by atoms with Crippen molar-refractivity contribution in [3.05, 3.63) is 54.2 Å². The zero-order valence-electron chi connectivity index (χ0n) is 15.2. The van der Waals surface area contributed by atoms with Crippen LogP contribution in [0.1, 0.15) is 37.4 Å². The van der Waals surface area contributed by atoms with Crippen LogP contribution in [0.15, 0.2) is 37.3 Å². The molecule has 0 saturated carbocycles. The molecular weight excluding hydrogens is 347 g/mol. The van der Waals surface area contributed by atoms with Crippen LogP contribution in [0.25, 0.3) is 11.3 Å². The van der Waals surface area contributed by atoms with E-state index < -0.39 is 5.82 Å². The molecule has 0 unspecified atom stereocenters. The van der Waals surface area contributed by atoms with Crippen LogP contribution >= 0.6 is 0 Å². The molecule has 0 radical (unpaired) electrons. The summed E-state index contributed by atoms with van der Waals surface area (Å²) in [6.45, 7) is 8.59. The number of nitrogens with one attached hydrogen (secondary N) is 2. The molecule has 27 heavy (non-hydrogen) atoms. The maximum Gasteiger partial charge on any atom is 0.219 e. The zero-order chi connectivity index (χ0) is 19.0. The smallest absolute Gasteiger partial charge is 0.219 e. The predicted molar refractivity (Wildman–Crippen MR) is 101 cm³/mol. The Kier molecular flexibility index (Phi) is 4.39. The van der Waals surface area contributed by atoms with Gasteiger partial charge in [0.1, 0.15) is 17.7 Å². The second kappa shape index (κ2) is 6.86. The summed E-state index contributed by atoms with van der Waals surface area (Å²) in [5, 5.41) is 10.9. The second-order valence-electron chi connectivity index (χ2n) is 6.56. The van der Waals surface area contributed by atoms with Crippen LogP contribution < -0.4 is 15.4 Å². The fourth-order valence-corrected chi connectivity index (χ4v) is 3.07. The average molecular weight is 368 g/mol. The van der Waals surface area contributed by atoms with E-state index in [9.17, 15) is 4.39 Å². The first kappa shape index (κ1) is 17.3. The molecule has 2 N–H and O–H groups in total. The van der Waals surface area contributed by atoms with Gasteiger partial charge in [-0.3, -0.25) is 0 Å². The third kappa shape index (κ3) is 3.30. The fourth-order valence-electron chi connectivity index (χ4n) is 3.07. The summed E-state index contributed by atoms with van der Waals surface area (Å²) in [7, 11) is 0. The summed E-state index contributed by atoms with van der Waals surface area (Å²) in [5.74, 6) is 0.654. The van der Waals surface area contributed by atoms with Crippen LogP contribution in [0, 0.1) is 5.82 Å². The minimum atomic E-state index is -0.406. The zero-order valence-corrected chi connectivity index (χ0v) is 15.2. The Bertz CT molecular complexity index is 1000. The molecule has 4 heterocycles. The number of hydrogen-bond donors (Lipinski definition) is 2. The van der Waals surface area contributed by atoms with E-state index in [-0.39, 0.29) is 12.1 Å². The van der Waals surface area contributed by atoms with Crippen molar-refractivity contribution >= 4 is 17.2 Å². The lowest BCUT2D eigenvalue weighted by Gasteiger charge is -2.22. The SMILES string of the molecule is C=C1NC[C@@H](CC)Oc2ncc(F)cc2[C@@H](C)Nc2ccn3ncc1c3n2. The van der Waals surface area contributed by atoms with Gasteiger partial charge in [-0.25, -0.2) is 18.9 Å². The predicted octanol–water partition coefficient (Wildman–Crippen LogP) is 3.17. The number of nitrogens with zero attached hydrogens (tertiary/aromatic N) is 4. The fraction of sp³-hybridized carbons (Fsp3) is 0.316. The van der Waals surface area contributed by atoms with E-state index >= 15 is 0 Å². The van der Waals surface area contributed by atoms with Crippen molar-refractivity contribution in [3.63, 3.8) is 0 Å². The van der Waals surface area contributed by atoms with Crippen LogP contribution in [0.4, 0.5) is 10.2 Å². The summed E-state index contributed by atoms with van der Waals surface area (Å²) < 4.78 is 21.6. The van der Waals surface area contributed by atoms with Crippen molar-refractivity contribution < 1.29 is 9.13 Å². The molecule has 0 fully saturated rings. The number of aromatic nitrogens is 4. The van der Waals surface area contributed by atoms with E-state index in [0.29, 0.717) is 29.5 Å². The standard InChI is InChI=1S/C19H21FN6O/c1-4-14-9-21-11(2)16-10-23-26-6-5-17(25-18(16)26)24-12(3)15-7-13(20)8-22-19(15)27-14/h5-8,10,12,14,21H,2,4,9H2,1,3H3,(H,24,25)/t12-,14-/m1/s1. The average Bonchev–Trinajstić information content (AvgIpc) is 3.08. The van der Waals surface area contributed by atoms with Gasteiger partial charge in [0.2, 0.25) is 5.88 Å². The number of ether oxygens (including phenoxy) is 1. The van der Waals surface area contributed by atoms with Gasteiger partial charge in [0, 0.05) is 17.5 Å². The molecule has 0 saturated heterocycles. The molecule has 0 spiro atoms. The summed E-state index contributed by atoms with van der Waals surface area (Å²) in [4.78, 5) is 8.82. The summed E-state index contributed by atoms with van der Waals surface area (Å²) in [6.07, 6.45) is 5.34. The van der Waals surface area contributed by atoms with E-state index in [2.05, 4.69) is 32.3 Å². The number of pyridine rings is 1. The van der Waals surface area contributed by atoms with Gasteiger partial charge in [-0.05, 0) is 25.5 Å². The molecule has 3 aromatic rings. The van der Waals surface area contributed by atoms with E-state index in [1.165, 1.54) is 12.3 Å². The first-order valence-electron chi connectivity index (χ1n) is 8.91. The molecule has 3 aromatic heterocycles. The highest BCUT2D eigenvalue weighted by atomic mass is 19.1. The Labute approximate surface area is 156 Å². The molecule has 2 bridgehead atoms. The Morgan fingerprint density at radius 2 is 2.26 bits per heavy atom. The summed E-state index contributed by atoms with van der Waals surface area (Å²) >= 11 is 0. The molecule has 2 atom stereocenters. The van der Waals surface area contributed by atoms with Crippen molar-refractivity contribution in [2.75, 3.05) is 11.9 Å². The number of rotatable bonds is 1. The van der Waals surface area contributed by atoms with Gasteiger partial charge in [-0.2, -0.15) is 5.10 Å². The topological polar surface area (TPSA) is 76.4 Å². The Balaban J connectivity index is 1.82. The van der Waals surface area contributed by atoms with Gasteiger partial charge in [0.15, 0.2) is 5.65 Å². The molecular formula is C19H21FN6O. The maximum atomic E-state index is 13.8. The number of fused-ring (bicyclic) bond motifs is 2. The Morgan fingerprint density at radius 3 is 3.07 bits per heavy atom. The monoisotopic (exact) mass is 368 g/mol. The summed E-state index contributed by atoms with van der Waals surface area (Å²) in [6, 6.07) is 3.01. The largest absolute Gasteiger partial charge is 0.472 e. The quantitative estimate of drug-likeness (QED) is 0.687. The van der Waals surface area contributed by atoms with E-state index in [1.54, 1.807) is 10.7 Å². The molecule has 0 aromatic carbocycles. The number of anilines is 1. The minimum absolute atomic E-state index is 0.145. The highest BCUT2D eigenvalue weighted by molar-refractivity contribution is 5.73. The molecule has 1 aliphatic rings. The Hall–Kier alpha value is -3.16. The van der Waals surface area contributed by atoms with Gasteiger partial charge in [0.25, 0.3) is 0 Å². The molecule has 7 nitrogen and oxygen atoms in total. The van der Waals surface area contributed by atoms with Crippen molar-refractivity contribution in [1.82, 2.24) is 24.9 Å². The van der Waals surface area contributed by atoms with Gasteiger partial charge >= 0.3 is 0 Å². The maximum absolute atomic E-state index is 13.8. The van der Waals surface area contributed by atoms with E-state index in [4.69, 9.17) is 4.74 Å². The van der Waals surface area contributed by atoms with Crippen molar-refractivity contribution in [1.29, 1.82) is 0 Å². The second-order valence-corrected chi connectivity index (χ2v) is 6.56. The van der Waals surface area contributed by atoms with Crippen molar-refractivity contribution in [2.45, 2.75) is 32.4 Å². The van der Waals surface area contributed by atoms with Crippen LogP contribution in [0.3, 0.4) is 0 Å². The molecule has 4 rings (SSSR count). The molecule has 8 heteroatoms. The third-order valence-corrected chi connectivity index (χ3v) is 4.65. The van der Waals surface area contributed by atoms with Gasteiger partial charge in [-0.15, -0.1) is 0 Å².